The molecule has 3 nitrogen and oxygen atoms in total. The average molecular weight is 237 g/mol. The van der Waals surface area contributed by atoms with Crippen molar-refractivity contribution in [2.75, 3.05) is 17.3 Å². The number of nitrogens with zero attached hydrogens (tertiary/aromatic N) is 1. The highest BCUT2D eigenvalue weighted by molar-refractivity contribution is 7.99. The first-order valence-electron chi connectivity index (χ1n) is 5.80. The van der Waals surface area contributed by atoms with Gasteiger partial charge in [-0.15, -0.1) is 0 Å². The molecule has 0 bridgehead atoms. The van der Waals surface area contributed by atoms with Crippen molar-refractivity contribution in [1.82, 2.24) is 4.98 Å². The molecule has 0 spiro atoms. The standard InChI is InChI=1S/C12H19N3S/c1-16-12-5-3-2-4-11(12)15-10-6-7-14-8-9(10)13/h6-8,11-12H,2-5,13H2,1H3,(H,14,15). The first-order chi connectivity index (χ1) is 7.81. The number of thioether (sulfide) groups is 1. The van der Waals surface area contributed by atoms with Gasteiger partial charge in [-0.25, -0.2) is 0 Å². The topological polar surface area (TPSA) is 50.9 Å². The first kappa shape index (κ1) is 11.6. The Kier molecular flexibility index (Phi) is 3.93. The van der Waals surface area contributed by atoms with E-state index in [2.05, 4.69) is 16.6 Å². The molecule has 0 amide bonds. The quantitative estimate of drug-likeness (QED) is 0.848. The van der Waals surface area contributed by atoms with Gasteiger partial charge >= 0.3 is 0 Å². The second kappa shape index (κ2) is 5.43. The Morgan fingerprint density at radius 2 is 2.25 bits per heavy atom. The van der Waals surface area contributed by atoms with Crippen LogP contribution in [0.2, 0.25) is 0 Å². The third-order valence-electron chi connectivity index (χ3n) is 3.20. The van der Waals surface area contributed by atoms with Crippen LogP contribution in [0.5, 0.6) is 0 Å². The smallest absolute Gasteiger partial charge is 0.0736 e. The highest BCUT2D eigenvalue weighted by atomic mass is 32.2. The number of pyridine rings is 1. The summed E-state index contributed by atoms with van der Waals surface area (Å²) < 4.78 is 0. The SMILES string of the molecule is CSC1CCCCC1Nc1ccncc1N. The molecule has 1 saturated carbocycles. The maximum atomic E-state index is 5.89. The number of aromatic nitrogens is 1. The minimum absolute atomic E-state index is 0.549. The van der Waals surface area contributed by atoms with Crippen molar-refractivity contribution in [3.05, 3.63) is 18.5 Å². The van der Waals surface area contributed by atoms with Crippen LogP contribution in [0.3, 0.4) is 0 Å². The second-order valence-corrected chi connectivity index (χ2v) is 5.35. The van der Waals surface area contributed by atoms with Crippen LogP contribution in [0.25, 0.3) is 0 Å². The first-order valence-corrected chi connectivity index (χ1v) is 7.09. The summed E-state index contributed by atoms with van der Waals surface area (Å²) in [4.78, 5) is 4.01. The Morgan fingerprint density at radius 3 is 3.00 bits per heavy atom. The third-order valence-corrected chi connectivity index (χ3v) is 4.37. The van der Waals surface area contributed by atoms with E-state index in [-0.39, 0.29) is 0 Å². The maximum Gasteiger partial charge on any atom is 0.0736 e. The monoisotopic (exact) mass is 237 g/mol. The molecule has 1 heterocycles. The van der Waals surface area contributed by atoms with Crippen LogP contribution >= 0.6 is 11.8 Å². The van der Waals surface area contributed by atoms with Gasteiger partial charge in [0.1, 0.15) is 0 Å². The molecule has 2 rings (SSSR count). The summed E-state index contributed by atoms with van der Waals surface area (Å²) in [5, 5.41) is 4.27. The molecule has 1 aromatic heterocycles. The molecule has 0 aromatic carbocycles. The lowest BCUT2D eigenvalue weighted by Gasteiger charge is -2.32. The van der Waals surface area contributed by atoms with Crippen LogP contribution in [0.15, 0.2) is 18.5 Å². The van der Waals surface area contributed by atoms with Crippen molar-refractivity contribution in [3.63, 3.8) is 0 Å². The Bertz CT molecular complexity index is 343. The van der Waals surface area contributed by atoms with Crippen LogP contribution in [0.1, 0.15) is 25.7 Å². The summed E-state index contributed by atoms with van der Waals surface area (Å²) in [6.07, 6.45) is 10.9. The van der Waals surface area contributed by atoms with Gasteiger partial charge in [-0.05, 0) is 25.2 Å². The van der Waals surface area contributed by atoms with Gasteiger partial charge in [0.05, 0.1) is 17.6 Å². The van der Waals surface area contributed by atoms with E-state index in [1.807, 2.05) is 17.8 Å². The van der Waals surface area contributed by atoms with Crippen molar-refractivity contribution < 1.29 is 0 Å². The highest BCUT2D eigenvalue weighted by Gasteiger charge is 2.24. The number of nitrogens with two attached hydrogens (primary N) is 1. The fourth-order valence-electron chi connectivity index (χ4n) is 2.28. The zero-order valence-electron chi connectivity index (χ0n) is 9.65. The summed E-state index contributed by atoms with van der Waals surface area (Å²) in [5.41, 5.74) is 7.66. The Hall–Kier alpha value is -0.900. The predicted molar refractivity (Wildman–Crippen MR) is 71.8 cm³/mol. The van der Waals surface area contributed by atoms with Gasteiger partial charge in [0.25, 0.3) is 0 Å². The zero-order chi connectivity index (χ0) is 11.4. The van der Waals surface area contributed by atoms with Crippen LogP contribution in [0, 0.1) is 0 Å². The largest absolute Gasteiger partial charge is 0.396 e. The van der Waals surface area contributed by atoms with Crippen molar-refractivity contribution in [2.24, 2.45) is 0 Å². The van der Waals surface area contributed by atoms with Crippen molar-refractivity contribution >= 4 is 23.1 Å². The van der Waals surface area contributed by atoms with Crippen LogP contribution < -0.4 is 11.1 Å². The van der Waals surface area contributed by atoms with E-state index in [4.69, 9.17) is 5.73 Å². The summed E-state index contributed by atoms with van der Waals surface area (Å²) >= 11 is 1.96. The van der Waals surface area contributed by atoms with Gasteiger partial charge in [-0.1, -0.05) is 12.8 Å². The molecule has 2 unspecified atom stereocenters. The van der Waals surface area contributed by atoms with Gasteiger partial charge in [-0.3, -0.25) is 4.98 Å². The summed E-state index contributed by atoms with van der Waals surface area (Å²) in [7, 11) is 0. The Morgan fingerprint density at radius 1 is 1.44 bits per heavy atom. The van der Waals surface area contributed by atoms with Gasteiger partial charge in [0.15, 0.2) is 0 Å². The minimum Gasteiger partial charge on any atom is -0.396 e. The number of anilines is 2. The van der Waals surface area contributed by atoms with Crippen molar-refractivity contribution in [2.45, 2.75) is 37.0 Å². The number of rotatable bonds is 3. The lowest BCUT2D eigenvalue weighted by Crippen LogP contribution is -2.34. The molecule has 1 aliphatic rings. The highest BCUT2D eigenvalue weighted by Crippen LogP contribution is 2.30. The molecule has 3 N–H and O–H groups in total. The summed E-state index contributed by atoms with van der Waals surface area (Å²) in [5.74, 6) is 0. The molecule has 1 fully saturated rings. The maximum absolute atomic E-state index is 5.89. The molecule has 16 heavy (non-hydrogen) atoms. The fourth-order valence-corrected chi connectivity index (χ4v) is 3.22. The van der Waals surface area contributed by atoms with Gasteiger partial charge in [-0.2, -0.15) is 11.8 Å². The third kappa shape index (κ3) is 2.61. The van der Waals surface area contributed by atoms with E-state index >= 15 is 0 Å². The Balaban J connectivity index is 2.05. The lowest BCUT2D eigenvalue weighted by molar-refractivity contribution is 0.475. The van der Waals surface area contributed by atoms with Gasteiger partial charge in [0.2, 0.25) is 0 Å². The normalized spacial score (nSPS) is 25.3. The lowest BCUT2D eigenvalue weighted by atomic mass is 9.94. The summed E-state index contributed by atoms with van der Waals surface area (Å²) in [6.45, 7) is 0. The van der Waals surface area contributed by atoms with E-state index in [9.17, 15) is 0 Å². The zero-order valence-corrected chi connectivity index (χ0v) is 10.5. The van der Waals surface area contributed by atoms with Gasteiger partial charge in [0, 0.05) is 17.5 Å². The molecule has 88 valence electrons. The molecule has 0 aliphatic heterocycles. The Labute approximate surface area is 101 Å². The van der Waals surface area contributed by atoms with Crippen molar-refractivity contribution in [1.29, 1.82) is 0 Å². The fraction of sp³-hybridized carbons (Fsp3) is 0.583. The number of hydrogen-bond donors (Lipinski definition) is 2. The molecular formula is C12H19N3S. The molecular weight excluding hydrogens is 218 g/mol. The van der Waals surface area contributed by atoms with E-state index in [1.165, 1.54) is 25.7 Å². The average Bonchev–Trinajstić information content (AvgIpc) is 2.33. The number of hydrogen-bond acceptors (Lipinski definition) is 4. The van der Waals surface area contributed by atoms with Gasteiger partial charge < -0.3 is 11.1 Å². The molecule has 2 atom stereocenters. The molecule has 0 saturated heterocycles. The van der Waals surface area contributed by atoms with Crippen LogP contribution in [-0.4, -0.2) is 22.5 Å². The van der Waals surface area contributed by atoms with Crippen LogP contribution in [-0.2, 0) is 0 Å². The molecule has 1 aliphatic carbocycles. The molecule has 4 heteroatoms. The summed E-state index contributed by atoms with van der Waals surface area (Å²) in [6, 6.07) is 2.51. The van der Waals surface area contributed by atoms with E-state index in [0.29, 0.717) is 11.3 Å². The predicted octanol–water partition coefficient (Wildman–Crippen LogP) is 2.75. The minimum atomic E-state index is 0.549. The number of nitrogen functional groups attached to an aromatic ring is 1. The van der Waals surface area contributed by atoms with Crippen molar-refractivity contribution in [3.8, 4) is 0 Å². The van der Waals surface area contributed by atoms with E-state index in [0.717, 1.165) is 11.4 Å². The van der Waals surface area contributed by atoms with Crippen LogP contribution in [0.4, 0.5) is 11.4 Å². The number of nitrogens with one attached hydrogen (secondary N) is 1. The molecule has 0 radical (unpaired) electrons. The molecule has 1 aromatic rings. The second-order valence-electron chi connectivity index (χ2n) is 4.27. The van der Waals surface area contributed by atoms with E-state index < -0.39 is 0 Å². The van der Waals surface area contributed by atoms with E-state index in [1.54, 1.807) is 12.4 Å².